The number of fused-ring (bicyclic) bond motifs is 8. The van der Waals surface area contributed by atoms with E-state index in [0.717, 1.165) is 25.3 Å². The molecule has 0 saturated heterocycles. The number of hydrogen-bond donors (Lipinski definition) is 1. The monoisotopic (exact) mass is 472 g/mol. The number of aromatic amines is 1. The molecule has 2 bridgehead atoms. The summed E-state index contributed by atoms with van der Waals surface area (Å²) in [6.45, 7) is -0.0537. The van der Waals surface area contributed by atoms with Crippen LogP contribution in [-0.4, -0.2) is 22.5 Å². The fourth-order valence-electron chi connectivity index (χ4n) is 4.54. The number of nitrogens with zero attached hydrogens (tertiary/aromatic N) is 3. The minimum atomic E-state index is -4.68. The summed E-state index contributed by atoms with van der Waals surface area (Å²) in [6.07, 6.45) is -0.659. The number of carbonyl (C=O) groups is 1. The Balaban J connectivity index is 1.75. The molecule has 0 aliphatic carbocycles. The predicted octanol–water partition coefficient (Wildman–Crippen LogP) is 4.95. The minimum absolute atomic E-state index is 0.0537. The van der Waals surface area contributed by atoms with Crippen molar-refractivity contribution in [1.29, 1.82) is 0 Å². The number of pyridine rings is 2. The van der Waals surface area contributed by atoms with Crippen molar-refractivity contribution in [3.05, 3.63) is 81.2 Å². The number of carbonyl (C=O) groups excluding carboxylic acids is 1. The number of hydrogen-bond acceptors (Lipinski definition) is 4. The first-order valence-electron chi connectivity index (χ1n) is 10.9. The van der Waals surface area contributed by atoms with E-state index in [4.69, 9.17) is 0 Å². The van der Waals surface area contributed by atoms with Crippen LogP contribution in [0.5, 0.6) is 0 Å². The molecule has 10 heteroatoms. The number of aromatic nitrogens is 2. The highest BCUT2D eigenvalue weighted by Crippen LogP contribution is 2.40. The lowest BCUT2D eigenvalue weighted by Gasteiger charge is -2.39. The van der Waals surface area contributed by atoms with E-state index < -0.39 is 23.5 Å². The third kappa shape index (κ3) is 3.93. The number of nitrogens with one attached hydrogen (secondary N) is 1. The second-order valence-corrected chi connectivity index (χ2v) is 8.42. The fraction of sp³-hybridized carbons (Fsp3) is 0.292. The average molecular weight is 472 g/mol. The van der Waals surface area contributed by atoms with Gasteiger partial charge in [-0.2, -0.15) is 13.2 Å². The van der Waals surface area contributed by atoms with Crippen LogP contribution >= 0.6 is 0 Å². The van der Waals surface area contributed by atoms with Crippen LogP contribution in [0, 0.1) is 5.82 Å². The lowest BCUT2D eigenvalue weighted by molar-refractivity contribution is -0.137. The van der Waals surface area contributed by atoms with Gasteiger partial charge in [-0.05, 0) is 61.6 Å². The number of H-pyrrole nitrogens is 1. The zero-order valence-electron chi connectivity index (χ0n) is 18.0. The Morgan fingerprint density at radius 3 is 2.47 bits per heavy atom. The van der Waals surface area contributed by atoms with Gasteiger partial charge in [0.2, 0.25) is 5.56 Å². The maximum atomic E-state index is 14.1. The van der Waals surface area contributed by atoms with Gasteiger partial charge in [0.1, 0.15) is 18.3 Å². The molecule has 6 nitrogen and oxygen atoms in total. The van der Waals surface area contributed by atoms with E-state index in [1.54, 1.807) is 11.0 Å². The molecular weight excluding hydrogens is 452 g/mol. The minimum Gasteiger partial charge on any atom is -0.324 e. The average Bonchev–Trinajstić information content (AvgIpc) is 2.79. The lowest BCUT2D eigenvalue weighted by Crippen LogP contribution is -2.46. The van der Waals surface area contributed by atoms with Gasteiger partial charge in [0.25, 0.3) is 5.91 Å². The first-order valence-corrected chi connectivity index (χ1v) is 10.9. The summed E-state index contributed by atoms with van der Waals surface area (Å²) in [5, 5.41) is 0. The van der Waals surface area contributed by atoms with Crippen molar-refractivity contribution in [3.8, 4) is 0 Å². The molecule has 1 N–H and O–H groups in total. The zero-order valence-corrected chi connectivity index (χ0v) is 18.0. The largest absolute Gasteiger partial charge is 0.417 e. The van der Waals surface area contributed by atoms with Crippen LogP contribution < -0.4 is 15.4 Å². The quantitative estimate of drug-likeness (QED) is 0.470. The Hall–Kier alpha value is -3.69. The van der Waals surface area contributed by atoms with Crippen LogP contribution in [0.25, 0.3) is 0 Å². The molecule has 0 spiro atoms. The summed E-state index contributed by atoms with van der Waals surface area (Å²) in [5.41, 5.74) is 0.637. The fourth-order valence-corrected chi connectivity index (χ4v) is 4.54. The normalized spacial score (nSPS) is 16.2. The molecule has 2 aliphatic rings. The van der Waals surface area contributed by atoms with Crippen LogP contribution in [0.2, 0.25) is 0 Å². The number of anilines is 3. The van der Waals surface area contributed by atoms with Crippen LogP contribution in [0.1, 0.15) is 46.4 Å². The summed E-state index contributed by atoms with van der Waals surface area (Å²) in [5.74, 6) is -0.997. The maximum absolute atomic E-state index is 14.1. The summed E-state index contributed by atoms with van der Waals surface area (Å²) in [6, 6.07) is 7.84. The Kier molecular flexibility index (Phi) is 5.38. The van der Waals surface area contributed by atoms with Gasteiger partial charge in [-0.3, -0.25) is 14.5 Å². The summed E-state index contributed by atoms with van der Waals surface area (Å²) >= 11 is 0. The first-order chi connectivity index (χ1) is 16.2. The molecule has 34 heavy (non-hydrogen) atoms. The summed E-state index contributed by atoms with van der Waals surface area (Å²) in [7, 11) is 0. The van der Waals surface area contributed by atoms with Crippen LogP contribution in [0.15, 0.2) is 47.4 Å². The SMILES string of the molecule is O=C1c2cc(C(F)(F)F)cnc2N2CN1c1ccc(=O)[nH]c1CCCCCc1cc(F)ccc12. The number of alkyl halides is 3. The van der Waals surface area contributed by atoms with Gasteiger partial charge in [-0.15, -0.1) is 0 Å². The van der Waals surface area contributed by atoms with Crippen molar-refractivity contribution in [3.63, 3.8) is 0 Å². The topological polar surface area (TPSA) is 69.3 Å². The van der Waals surface area contributed by atoms with E-state index >= 15 is 0 Å². The maximum Gasteiger partial charge on any atom is 0.417 e. The molecule has 2 aliphatic heterocycles. The highest BCUT2D eigenvalue weighted by atomic mass is 19.4. The summed E-state index contributed by atoms with van der Waals surface area (Å²) < 4.78 is 54.4. The Labute approximate surface area is 191 Å². The third-order valence-corrected chi connectivity index (χ3v) is 6.18. The van der Waals surface area contributed by atoms with Crippen LogP contribution in [0.4, 0.5) is 34.8 Å². The van der Waals surface area contributed by atoms with E-state index in [1.807, 2.05) is 0 Å². The standard InChI is InChI=1S/C24H20F4N4O2/c25-16-6-7-19-14(10-16)4-2-1-3-5-18-20(8-9-21(33)30-18)32-13-31(19)22-17(23(32)34)11-15(12-29-22)24(26,27)28/h6-12H,1-5,13H2,(H,30,33). The Morgan fingerprint density at radius 1 is 0.912 bits per heavy atom. The molecule has 5 rings (SSSR count). The smallest absolute Gasteiger partial charge is 0.324 e. The Morgan fingerprint density at radius 2 is 1.68 bits per heavy atom. The molecule has 176 valence electrons. The molecule has 1 aromatic carbocycles. The van der Waals surface area contributed by atoms with Gasteiger partial charge < -0.3 is 9.88 Å². The van der Waals surface area contributed by atoms with E-state index in [9.17, 15) is 27.2 Å². The number of aryl methyl sites for hydroxylation is 2. The highest BCUT2D eigenvalue weighted by Gasteiger charge is 2.38. The van der Waals surface area contributed by atoms with Crippen molar-refractivity contribution < 1.29 is 22.4 Å². The number of rotatable bonds is 0. The first kappa shape index (κ1) is 22.1. The number of benzene rings is 1. The van der Waals surface area contributed by atoms with Gasteiger partial charge in [0, 0.05) is 23.6 Å². The van der Waals surface area contributed by atoms with Crippen molar-refractivity contribution in [1.82, 2.24) is 9.97 Å². The summed E-state index contributed by atoms with van der Waals surface area (Å²) in [4.78, 5) is 35.2. The third-order valence-electron chi connectivity index (χ3n) is 6.18. The lowest BCUT2D eigenvalue weighted by atomic mass is 10.00. The zero-order chi connectivity index (χ0) is 24.0. The molecule has 0 radical (unpaired) electrons. The van der Waals surface area contributed by atoms with Gasteiger partial charge in [-0.25, -0.2) is 9.37 Å². The second-order valence-electron chi connectivity index (χ2n) is 8.42. The second kappa shape index (κ2) is 8.27. The van der Waals surface area contributed by atoms with Gasteiger partial charge in [0.05, 0.1) is 16.8 Å². The van der Waals surface area contributed by atoms with E-state index in [2.05, 4.69) is 9.97 Å². The van der Waals surface area contributed by atoms with Crippen LogP contribution in [0.3, 0.4) is 0 Å². The molecule has 0 saturated carbocycles. The molecule has 0 atom stereocenters. The van der Waals surface area contributed by atoms with Gasteiger partial charge in [0.15, 0.2) is 0 Å². The molecule has 2 aromatic heterocycles. The molecular formula is C24H20F4N4O2. The van der Waals surface area contributed by atoms with Crippen molar-refractivity contribution in [2.45, 2.75) is 38.3 Å². The van der Waals surface area contributed by atoms with Crippen molar-refractivity contribution in [2.75, 3.05) is 16.5 Å². The number of amides is 1. The van der Waals surface area contributed by atoms with Crippen molar-refractivity contribution in [2.24, 2.45) is 0 Å². The molecule has 0 unspecified atom stereocenters. The van der Waals surface area contributed by atoms with Gasteiger partial charge >= 0.3 is 6.18 Å². The highest BCUT2D eigenvalue weighted by molar-refractivity contribution is 6.12. The Bertz CT molecular complexity index is 1340. The van der Waals surface area contributed by atoms with Crippen molar-refractivity contribution >= 4 is 23.1 Å². The predicted molar refractivity (Wildman–Crippen MR) is 118 cm³/mol. The van der Waals surface area contributed by atoms with E-state index in [-0.39, 0.29) is 23.6 Å². The molecule has 3 aromatic rings. The number of halogens is 4. The van der Waals surface area contributed by atoms with E-state index in [1.165, 1.54) is 29.2 Å². The molecule has 1 amide bonds. The van der Waals surface area contributed by atoms with Crippen LogP contribution in [-0.2, 0) is 19.0 Å². The van der Waals surface area contributed by atoms with E-state index in [0.29, 0.717) is 41.7 Å². The molecule has 0 fully saturated rings. The molecule has 4 heterocycles. The van der Waals surface area contributed by atoms with Gasteiger partial charge in [-0.1, -0.05) is 6.42 Å².